The first-order chi connectivity index (χ1) is 7.81. The lowest BCUT2D eigenvalue weighted by molar-refractivity contribution is -0.123. The molecule has 0 bridgehead atoms. The summed E-state index contributed by atoms with van der Waals surface area (Å²) in [4.78, 5) is 11.8. The summed E-state index contributed by atoms with van der Waals surface area (Å²) >= 11 is 0. The van der Waals surface area contributed by atoms with Crippen molar-refractivity contribution in [2.45, 2.75) is 38.1 Å². The van der Waals surface area contributed by atoms with Crippen LogP contribution in [0.3, 0.4) is 0 Å². The lowest BCUT2D eigenvalue weighted by Crippen LogP contribution is -2.42. The van der Waals surface area contributed by atoms with E-state index in [1.54, 1.807) is 0 Å². The lowest BCUT2D eigenvalue weighted by atomic mass is 9.97. The topological polar surface area (TPSA) is 61.4 Å². The van der Waals surface area contributed by atoms with Crippen LogP contribution in [0.25, 0.3) is 0 Å². The van der Waals surface area contributed by atoms with Crippen molar-refractivity contribution in [1.82, 2.24) is 10.6 Å². The highest BCUT2D eigenvalue weighted by molar-refractivity contribution is 5.81. The van der Waals surface area contributed by atoms with Crippen molar-refractivity contribution in [3.05, 3.63) is 0 Å². The predicted octanol–water partition coefficient (Wildman–Crippen LogP) is 0.263. The molecule has 1 heterocycles. The van der Waals surface area contributed by atoms with Crippen molar-refractivity contribution >= 4 is 5.91 Å². The number of aliphatic hydroxyl groups is 1. The molecule has 4 heteroatoms. The van der Waals surface area contributed by atoms with Gasteiger partial charge in [-0.25, -0.2) is 0 Å². The monoisotopic (exact) mass is 226 g/mol. The Labute approximate surface area is 96.8 Å². The van der Waals surface area contributed by atoms with Gasteiger partial charge in [-0.05, 0) is 44.1 Å². The molecule has 0 aromatic rings. The highest BCUT2D eigenvalue weighted by Crippen LogP contribution is 2.30. The Hall–Kier alpha value is -0.610. The van der Waals surface area contributed by atoms with E-state index in [1.807, 2.05) is 0 Å². The second-order valence-electron chi connectivity index (χ2n) is 5.03. The Morgan fingerprint density at radius 1 is 1.25 bits per heavy atom. The summed E-state index contributed by atoms with van der Waals surface area (Å²) in [6, 6.07) is 0.0222. The standard InChI is InChI=1S/C12H22N2O2/c15-8-10-4-1-3-9(10)7-14-12(16)11-5-2-6-13-11/h9-11,13,15H,1-8H2,(H,14,16)/t9?,10?,11-/m0/s1. The van der Waals surface area contributed by atoms with Gasteiger partial charge in [0.1, 0.15) is 0 Å². The third kappa shape index (κ3) is 2.74. The van der Waals surface area contributed by atoms with Crippen LogP contribution >= 0.6 is 0 Å². The summed E-state index contributed by atoms with van der Waals surface area (Å²) in [6.07, 6.45) is 5.50. The molecule has 2 rings (SSSR count). The average Bonchev–Trinajstić information content (AvgIpc) is 2.96. The fraction of sp³-hybridized carbons (Fsp3) is 0.917. The van der Waals surface area contributed by atoms with Gasteiger partial charge in [0.25, 0.3) is 0 Å². The summed E-state index contributed by atoms with van der Waals surface area (Å²) in [5, 5.41) is 15.4. The maximum absolute atomic E-state index is 11.8. The zero-order valence-corrected chi connectivity index (χ0v) is 9.74. The van der Waals surface area contributed by atoms with E-state index in [-0.39, 0.29) is 18.6 Å². The number of nitrogens with one attached hydrogen (secondary N) is 2. The van der Waals surface area contributed by atoms with Gasteiger partial charge in [-0.1, -0.05) is 6.42 Å². The van der Waals surface area contributed by atoms with Crippen LogP contribution in [0.1, 0.15) is 32.1 Å². The Bertz CT molecular complexity index is 239. The molecule has 3 N–H and O–H groups in total. The summed E-state index contributed by atoms with van der Waals surface area (Å²) < 4.78 is 0. The molecule has 3 atom stereocenters. The molecule has 1 amide bonds. The SMILES string of the molecule is O=C(NCC1CCCC1CO)[C@@H]1CCCN1. The fourth-order valence-corrected chi connectivity index (χ4v) is 2.89. The molecule has 2 fully saturated rings. The number of hydrogen-bond acceptors (Lipinski definition) is 3. The second-order valence-corrected chi connectivity index (χ2v) is 5.03. The number of carbonyl (C=O) groups excluding carboxylic acids is 1. The van der Waals surface area contributed by atoms with Crippen LogP contribution in [-0.2, 0) is 4.79 Å². The summed E-state index contributed by atoms with van der Waals surface area (Å²) in [7, 11) is 0. The number of carbonyl (C=O) groups is 1. The molecule has 1 aliphatic carbocycles. The molecular formula is C12H22N2O2. The van der Waals surface area contributed by atoms with Gasteiger partial charge in [0, 0.05) is 13.2 Å². The minimum Gasteiger partial charge on any atom is -0.396 e. The largest absolute Gasteiger partial charge is 0.396 e. The first-order valence-electron chi connectivity index (χ1n) is 6.43. The van der Waals surface area contributed by atoms with E-state index in [9.17, 15) is 9.90 Å². The number of hydrogen-bond donors (Lipinski definition) is 3. The minimum absolute atomic E-state index is 0.0222. The van der Waals surface area contributed by atoms with Gasteiger partial charge < -0.3 is 15.7 Å². The van der Waals surface area contributed by atoms with Crippen LogP contribution in [-0.4, -0.2) is 36.8 Å². The quantitative estimate of drug-likeness (QED) is 0.644. The third-order valence-electron chi connectivity index (χ3n) is 3.97. The van der Waals surface area contributed by atoms with Crippen LogP contribution in [0.15, 0.2) is 0 Å². The predicted molar refractivity (Wildman–Crippen MR) is 62.0 cm³/mol. The van der Waals surface area contributed by atoms with Crippen molar-refractivity contribution in [3.8, 4) is 0 Å². The van der Waals surface area contributed by atoms with Crippen molar-refractivity contribution < 1.29 is 9.90 Å². The number of amides is 1. The lowest BCUT2D eigenvalue weighted by Gasteiger charge is -2.19. The Morgan fingerprint density at radius 3 is 2.75 bits per heavy atom. The first-order valence-corrected chi connectivity index (χ1v) is 6.43. The number of rotatable bonds is 4. The van der Waals surface area contributed by atoms with Crippen LogP contribution in [0.5, 0.6) is 0 Å². The Morgan fingerprint density at radius 2 is 2.06 bits per heavy atom. The summed E-state index contributed by atoms with van der Waals surface area (Å²) in [5.74, 6) is 1.02. The van der Waals surface area contributed by atoms with Crippen molar-refractivity contribution in [2.75, 3.05) is 19.7 Å². The van der Waals surface area contributed by atoms with Crippen LogP contribution < -0.4 is 10.6 Å². The molecule has 4 nitrogen and oxygen atoms in total. The molecule has 2 unspecified atom stereocenters. The Kier molecular flexibility index (Phi) is 4.18. The van der Waals surface area contributed by atoms with Gasteiger partial charge in [0.15, 0.2) is 0 Å². The molecule has 0 radical (unpaired) electrons. The van der Waals surface area contributed by atoms with E-state index >= 15 is 0 Å². The normalized spacial score (nSPS) is 34.2. The molecule has 16 heavy (non-hydrogen) atoms. The molecule has 0 aromatic carbocycles. The van der Waals surface area contributed by atoms with E-state index in [0.29, 0.717) is 11.8 Å². The molecule has 0 spiro atoms. The van der Waals surface area contributed by atoms with Gasteiger partial charge in [-0.15, -0.1) is 0 Å². The molecule has 1 aliphatic heterocycles. The minimum atomic E-state index is 0.0222. The van der Waals surface area contributed by atoms with Crippen molar-refractivity contribution in [2.24, 2.45) is 11.8 Å². The number of aliphatic hydroxyl groups excluding tert-OH is 1. The maximum Gasteiger partial charge on any atom is 0.237 e. The molecule has 1 saturated carbocycles. The van der Waals surface area contributed by atoms with Crippen molar-refractivity contribution in [1.29, 1.82) is 0 Å². The molecule has 92 valence electrons. The van der Waals surface area contributed by atoms with E-state index in [2.05, 4.69) is 10.6 Å². The molecular weight excluding hydrogens is 204 g/mol. The van der Waals surface area contributed by atoms with Gasteiger partial charge in [-0.3, -0.25) is 4.79 Å². The van der Waals surface area contributed by atoms with Crippen molar-refractivity contribution in [3.63, 3.8) is 0 Å². The molecule has 1 saturated heterocycles. The molecule has 2 aliphatic rings. The zero-order valence-electron chi connectivity index (χ0n) is 9.74. The summed E-state index contributed by atoms with van der Waals surface area (Å²) in [6.45, 7) is 1.96. The highest BCUT2D eigenvalue weighted by atomic mass is 16.3. The maximum atomic E-state index is 11.8. The Balaban J connectivity index is 1.71. The van der Waals surface area contributed by atoms with E-state index in [4.69, 9.17) is 0 Å². The van der Waals surface area contributed by atoms with Crippen LogP contribution in [0.4, 0.5) is 0 Å². The highest BCUT2D eigenvalue weighted by Gasteiger charge is 2.28. The summed E-state index contributed by atoms with van der Waals surface area (Å²) in [5.41, 5.74) is 0. The van der Waals surface area contributed by atoms with E-state index < -0.39 is 0 Å². The van der Waals surface area contributed by atoms with Gasteiger partial charge >= 0.3 is 0 Å². The van der Waals surface area contributed by atoms with Crippen LogP contribution in [0, 0.1) is 11.8 Å². The van der Waals surface area contributed by atoms with Gasteiger partial charge in [0.2, 0.25) is 5.91 Å². The third-order valence-corrected chi connectivity index (χ3v) is 3.97. The van der Waals surface area contributed by atoms with E-state index in [0.717, 1.165) is 38.8 Å². The van der Waals surface area contributed by atoms with Gasteiger partial charge in [0.05, 0.1) is 6.04 Å². The van der Waals surface area contributed by atoms with Crippen LogP contribution in [0.2, 0.25) is 0 Å². The smallest absolute Gasteiger partial charge is 0.237 e. The average molecular weight is 226 g/mol. The fourth-order valence-electron chi connectivity index (χ4n) is 2.89. The van der Waals surface area contributed by atoms with Gasteiger partial charge in [-0.2, -0.15) is 0 Å². The first kappa shape index (κ1) is 11.9. The van der Waals surface area contributed by atoms with E-state index in [1.165, 1.54) is 6.42 Å². The zero-order chi connectivity index (χ0) is 11.4. The molecule has 0 aromatic heterocycles. The second kappa shape index (κ2) is 5.64.